The average molecular weight is 336 g/mol. The molecule has 1 atom stereocenters. The number of benzene rings is 1. The molecule has 0 aliphatic heterocycles. The average Bonchev–Trinajstić information content (AvgIpc) is 3.32. The molecule has 0 spiro atoms. The van der Waals surface area contributed by atoms with Crippen molar-refractivity contribution in [2.75, 3.05) is 7.11 Å². The molecule has 1 aromatic carbocycles. The number of nitrogens with zero attached hydrogens (tertiary/aromatic N) is 4. The molecule has 25 heavy (non-hydrogen) atoms. The summed E-state index contributed by atoms with van der Waals surface area (Å²) in [5, 5.41) is 8.77. The number of ether oxygens (including phenoxy) is 1. The highest BCUT2D eigenvalue weighted by molar-refractivity contribution is 5.73. The Morgan fingerprint density at radius 3 is 2.84 bits per heavy atom. The number of aromatic nitrogens is 4. The summed E-state index contributed by atoms with van der Waals surface area (Å²) >= 11 is 0. The molecule has 2 heterocycles. The summed E-state index contributed by atoms with van der Waals surface area (Å²) in [4.78, 5) is 11.9. The molecule has 2 aromatic heterocycles. The van der Waals surface area contributed by atoms with Gasteiger partial charge in [0.25, 0.3) is 0 Å². The first-order valence-electron chi connectivity index (χ1n) is 8.45. The van der Waals surface area contributed by atoms with Crippen LogP contribution in [0.1, 0.15) is 23.2 Å². The summed E-state index contributed by atoms with van der Waals surface area (Å²) in [5.74, 6) is -0.183. The lowest BCUT2D eigenvalue weighted by atomic mass is 9.88. The van der Waals surface area contributed by atoms with Crippen LogP contribution in [0.3, 0.4) is 0 Å². The van der Waals surface area contributed by atoms with Gasteiger partial charge in [-0.25, -0.2) is 4.68 Å². The van der Waals surface area contributed by atoms with Crippen LogP contribution in [-0.2, 0) is 28.9 Å². The summed E-state index contributed by atoms with van der Waals surface area (Å²) < 4.78 is 8.75. The van der Waals surface area contributed by atoms with Crippen LogP contribution in [0.4, 0.5) is 0 Å². The van der Waals surface area contributed by atoms with Crippen molar-refractivity contribution in [1.29, 1.82) is 0 Å². The van der Waals surface area contributed by atoms with Crippen molar-refractivity contribution in [3.05, 3.63) is 65.7 Å². The predicted molar refractivity (Wildman–Crippen MR) is 92.4 cm³/mol. The van der Waals surface area contributed by atoms with E-state index < -0.39 is 0 Å². The third kappa shape index (κ3) is 3.07. The molecule has 0 bridgehead atoms. The number of carbonyl (C=O) groups excluding carboxylic acids is 1. The van der Waals surface area contributed by atoms with Crippen LogP contribution >= 0.6 is 0 Å². The van der Waals surface area contributed by atoms with Crippen molar-refractivity contribution in [2.45, 2.75) is 25.8 Å². The van der Waals surface area contributed by atoms with Crippen molar-refractivity contribution >= 4 is 5.97 Å². The molecular weight excluding hydrogens is 316 g/mol. The van der Waals surface area contributed by atoms with Gasteiger partial charge in [-0.05, 0) is 42.2 Å². The molecule has 0 N–H and O–H groups in total. The first-order chi connectivity index (χ1) is 12.2. The molecular formula is C19H20N4O2. The van der Waals surface area contributed by atoms with E-state index >= 15 is 0 Å². The second-order valence-corrected chi connectivity index (χ2v) is 6.35. The Morgan fingerprint density at radius 2 is 2.12 bits per heavy atom. The van der Waals surface area contributed by atoms with E-state index in [1.807, 2.05) is 27.8 Å². The quantitative estimate of drug-likeness (QED) is 0.686. The van der Waals surface area contributed by atoms with Crippen LogP contribution in [0.5, 0.6) is 0 Å². The van der Waals surface area contributed by atoms with Crippen LogP contribution in [-0.4, -0.2) is 32.6 Å². The normalized spacial score (nSPS) is 16.4. The molecule has 0 fully saturated rings. The van der Waals surface area contributed by atoms with Gasteiger partial charge < -0.3 is 4.74 Å². The van der Waals surface area contributed by atoms with Gasteiger partial charge in [0.05, 0.1) is 31.5 Å². The molecule has 0 radical (unpaired) electrons. The maximum Gasteiger partial charge on any atom is 0.309 e. The SMILES string of the molecule is COC(=O)[C@H]1CCc2cnn(Cc3ccc(-n4cccn4)cc3)c2C1. The van der Waals surface area contributed by atoms with Gasteiger partial charge in [-0.2, -0.15) is 10.2 Å². The summed E-state index contributed by atoms with van der Waals surface area (Å²) in [6, 6.07) is 10.2. The molecule has 128 valence electrons. The summed E-state index contributed by atoms with van der Waals surface area (Å²) in [7, 11) is 1.45. The zero-order valence-corrected chi connectivity index (χ0v) is 14.1. The molecule has 6 nitrogen and oxygen atoms in total. The highest BCUT2D eigenvalue weighted by Gasteiger charge is 2.28. The lowest BCUT2D eigenvalue weighted by Gasteiger charge is -2.21. The molecule has 1 aliphatic carbocycles. The van der Waals surface area contributed by atoms with Crippen molar-refractivity contribution in [2.24, 2.45) is 5.92 Å². The number of hydrogen-bond donors (Lipinski definition) is 0. The molecule has 1 aliphatic rings. The first kappa shape index (κ1) is 15.6. The number of methoxy groups -OCH3 is 1. The third-order valence-electron chi connectivity index (χ3n) is 4.81. The zero-order valence-electron chi connectivity index (χ0n) is 14.1. The van der Waals surface area contributed by atoms with E-state index in [-0.39, 0.29) is 11.9 Å². The molecule has 0 saturated heterocycles. The van der Waals surface area contributed by atoms with Gasteiger partial charge in [0.15, 0.2) is 0 Å². The van der Waals surface area contributed by atoms with Crippen molar-refractivity contribution < 1.29 is 9.53 Å². The Hall–Kier alpha value is -2.89. The van der Waals surface area contributed by atoms with E-state index in [9.17, 15) is 4.79 Å². The van der Waals surface area contributed by atoms with Crippen LogP contribution in [0.2, 0.25) is 0 Å². The Kier molecular flexibility index (Phi) is 4.09. The molecule has 0 unspecified atom stereocenters. The highest BCUT2D eigenvalue weighted by Crippen LogP contribution is 2.26. The maximum absolute atomic E-state index is 11.9. The summed E-state index contributed by atoms with van der Waals surface area (Å²) in [6.07, 6.45) is 8.04. The van der Waals surface area contributed by atoms with Crippen LogP contribution in [0.15, 0.2) is 48.9 Å². The fraction of sp³-hybridized carbons (Fsp3) is 0.316. The van der Waals surface area contributed by atoms with Gasteiger partial charge in [-0.1, -0.05) is 12.1 Å². The van der Waals surface area contributed by atoms with Gasteiger partial charge in [0.2, 0.25) is 0 Å². The number of carbonyl (C=O) groups is 1. The van der Waals surface area contributed by atoms with E-state index in [2.05, 4.69) is 34.5 Å². The maximum atomic E-state index is 11.9. The van der Waals surface area contributed by atoms with E-state index in [1.54, 1.807) is 6.20 Å². The van der Waals surface area contributed by atoms with E-state index in [0.717, 1.165) is 24.2 Å². The Labute approximate surface area is 146 Å². The standard InChI is InChI=1S/C19H20N4O2/c1-25-19(24)15-5-6-16-12-21-23(18(16)11-15)13-14-3-7-17(8-4-14)22-10-2-9-20-22/h2-4,7-10,12,15H,5-6,11,13H2,1H3/t15-/m0/s1. The van der Waals surface area contributed by atoms with Crippen LogP contribution in [0, 0.1) is 5.92 Å². The third-order valence-corrected chi connectivity index (χ3v) is 4.81. The Morgan fingerprint density at radius 1 is 1.28 bits per heavy atom. The molecule has 0 amide bonds. The van der Waals surface area contributed by atoms with Gasteiger partial charge in [-0.15, -0.1) is 0 Å². The predicted octanol–water partition coefficient (Wildman–Crippen LogP) is 2.40. The second-order valence-electron chi connectivity index (χ2n) is 6.35. The number of hydrogen-bond acceptors (Lipinski definition) is 4. The van der Waals surface area contributed by atoms with E-state index in [1.165, 1.54) is 18.2 Å². The number of esters is 1. The van der Waals surface area contributed by atoms with Crippen LogP contribution < -0.4 is 0 Å². The topological polar surface area (TPSA) is 61.9 Å². The smallest absolute Gasteiger partial charge is 0.309 e. The monoisotopic (exact) mass is 336 g/mol. The summed E-state index contributed by atoms with van der Waals surface area (Å²) in [6.45, 7) is 0.697. The number of aryl methyl sites for hydroxylation is 1. The molecule has 6 heteroatoms. The molecule has 4 rings (SSSR count). The minimum atomic E-state index is -0.123. The highest BCUT2D eigenvalue weighted by atomic mass is 16.5. The lowest BCUT2D eigenvalue weighted by Crippen LogP contribution is -2.25. The minimum absolute atomic E-state index is 0.0601. The van der Waals surface area contributed by atoms with E-state index in [0.29, 0.717) is 13.0 Å². The van der Waals surface area contributed by atoms with Crippen molar-refractivity contribution in [3.8, 4) is 5.69 Å². The number of fused-ring (bicyclic) bond motifs is 1. The lowest BCUT2D eigenvalue weighted by molar-refractivity contribution is -0.145. The molecule has 0 saturated carbocycles. The number of rotatable bonds is 4. The zero-order chi connectivity index (χ0) is 17.2. The van der Waals surface area contributed by atoms with Gasteiger partial charge >= 0.3 is 5.97 Å². The van der Waals surface area contributed by atoms with Crippen LogP contribution in [0.25, 0.3) is 5.69 Å². The summed E-state index contributed by atoms with van der Waals surface area (Å²) in [5.41, 5.74) is 4.59. The largest absolute Gasteiger partial charge is 0.469 e. The van der Waals surface area contributed by atoms with Gasteiger partial charge in [0.1, 0.15) is 0 Å². The Balaban J connectivity index is 1.52. The van der Waals surface area contributed by atoms with Gasteiger partial charge in [-0.3, -0.25) is 9.48 Å². The van der Waals surface area contributed by atoms with Crippen molar-refractivity contribution in [1.82, 2.24) is 19.6 Å². The van der Waals surface area contributed by atoms with Gasteiger partial charge in [0, 0.05) is 24.5 Å². The fourth-order valence-corrected chi connectivity index (χ4v) is 3.41. The fourth-order valence-electron chi connectivity index (χ4n) is 3.41. The molecule has 3 aromatic rings. The first-order valence-corrected chi connectivity index (χ1v) is 8.45. The minimum Gasteiger partial charge on any atom is -0.469 e. The van der Waals surface area contributed by atoms with Crippen molar-refractivity contribution in [3.63, 3.8) is 0 Å². The van der Waals surface area contributed by atoms with E-state index in [4.69, 9.17) is 4.74 Å². The second kappa shape index (κ2) is 6.55. The Bertz CT molecular complexity index is 865.